The van der Waals surface area contributed by atoms with E-state index in [-0.39, 0.29) is 12.1 Å². The first kappa shape index (κ1) is 22.0. The summed E-state index contributed by atoms with van der Waals surface area (Å²) in [6, 6.07) is 11.7. The minimum atomic E-state index is -0.896. The molecule has 1 aliphatic carbocycles. The Morgan fingerprint density at radius 1 is 1.15 bits per heavy atom. The van der Waals surface area contributed by atoms with Crippen LogP contribution in [0.15, 0.2) is 42.6 Å². The highest BCUT2D eigenvalue weighted by atomic mass is 16.5. The second-order valence-corrected chi connectivity index (χ2v) is 9.39. The van der Waals surface area contributed by atoms with Gasteiger partial charge in [-0.05, 0) is 74.4 Å². The highest BCUT2D eigenvalue weighted by Gasteiger charge is 2.33. The third-order valence-corrected chi connectivity index (χ3v) is 7.34. The van der Waals surface area contributed by atoms with E-state index in [9.17, 15) is 9.90 Å². The molecule has 3 aromatic rings. The number of aryl methyl sites for hydroxylation is 1. The Kier molecular flexibility index (Phi) is 6.13. The van der Waals surface area contributed by atoms with E-state index >= 15 is 0 Å². The zero-order valence-electron chi connectivity index (χ0n) is 19.3. The number of benzene rings is 2. The number of methoxy groups -OCH3 is 1. The molecule has 6 heteroatoms. The number of likely N-dealkylation sites (tertiary alicyclic amines) is 1. The number of carboxylic acid groups (broad SMARTS) is 1. The maximum atomic E-state index is 11.4. The Labute approximate surface area is 194 Å². The monoisotopic (exact) mass is 448 g/mol. The van der Waals surface area contributed by atoms with Gasteiger partial charge in [-0.2, -0.15) is 0 Å². The number of nitrogens with one attached hydrogen (secondary N) is 1. The molecular weight excluding hydrogens is 416 g/mol. The normalized spacial score (nSPS) is 21.8. The number of aromatic carboxylic acids is 1. The fourth-order valence-corrected chi connectivity index (χ4v) is 5.25. The number of carbonyl (C=O) groups is 1. The molecule has 5 rings (SSSR count). The van der Waals surface area contributed by atoms with E-state index in [1.165, 1.54) is 35.8 Å². The first-order chi connectivity index (χ1) is 16.0. The standard InChI is InChI=1S/C27H32N2O4/c1-17-14-25(32-2)23(22-10-12-28-26(17)22)16-29-13-11-21(33-20-4-3-5-20)15-24(29)18-6-8-19(9-7-18)27(30)31/h6-10,12,14,20-21,24,28H,3-5,11,13,15-16H2,1-2H3,(H,30,31)/t21-,24-/m0/s1. The van der Waals surface area contributed by atoms with Crippen molar-refractivity contribution in [3.8, 4) is 5.75 Å². The van der Waals surface area contributed by atoms with Gasteiger partial charge in [-0.1, -0.05) is 12.1 Å². The average molecular weight is 449 g/mol. The van der Waals surface area contributed by atoms with E-state index < -0.39 is 5.97 Å². The van der Waals surface area contributed by atoms with Crippen LogP contribution in [0.4, 0.5) is 0 Å². The molecule has 0 amide bonds. The van der Waals surface area contributed by atoms with Crippen molar-refractivity contribution in [1.29, 1.82) is 0 Å². The van der Waals surface area contributed by atoms with E-state index in [2.05, 4.69) is 28.9 Å². The van der Waals surface area contributed by atoms with E-state index in [0.29, 0.717) is 11.7 Å². The lowest BCUT2D eigenvalue weighted by atomic mass is 9.90. The molecule has 1 aromatic heterocycles. The van der Waals surface area contributed by atoms with Crippen LogP contribution >= 0.6 is 0 Å². The number of aromatic amines is 1. The number of rotatable bonds is 7. The van der Waals surface area contributed by atoms with E-state index in [0.717, 1.165) is 42.8 Å². The van der Waals surface area contributed by atoms with Gasteiger partial charge >= 0.3 is 5.97 Å². The molecule has 0 spiro atoms. The number of nitrogens with zero attached hydrogens (tertiary/aromatic N) is 1. The lowest BCUT2D eigenvalue weighted by Gasteiger charge is -2.42. The number of carboxylic acids is 1. The van der Waals surface area contributed by atoms with Gasteiger partial charge in [0, 0.05) is 41.8 Å². The van der Waals surface area contributed by atoms with Crippen LogP contribution in [0.5, 0.6) is 5.75 Å². The van der Waals surface area contributed by atoms with Crippen molar-refractivity contribution in [2.75, 3.05) is 13.7 Å². The van der Waals surface area contributed by atoms with Crippen molar-refractivity contribution in [2.45, 2.75) is 63.8 Å². The van der Waals surface area contributed by atoms with Crippen LogP contribution in [0.1, 0.15) is 65.2 Å². The predicted octanol–water partition coefficient (Wildman–Crippen LogP) is 5.46. The molecular formula is C27H32N2O4. The van der Waals surface area contributed by atoms with Gasteiger partial charge in [0.1, 0.15) is 5.75 Å². The minimum Gasteiger partial charge on any atom is -0.496 e. The lowest BCUT2D eigenvalue weighted by Crippen LogP contribution is -2.41. The van der Waals surface area contributed by atoms with Crippen LogP contribution in [0.3, 0.4) is 0 Å². The van der Waals surface area contributed by atoms with Crippen molar-refractivity contribution < 1.29 is 19.4 Å². The highest BCUT2D eigenvalue weighted by molar-refractivity contribution is 5.88. The van der Waals surface area contributed by atoms with Crippen molar-refractivity contribution in [3.63, 3.8) is 0 Å². The van der Waals surface area contributed by atoms with E-state index in [4.69, 9.17) is 9.47 Å². The Hall–Kier alpha value is -2.83. The fraction of sp³-hybridized carbons (Fsp3) is 0.444. The Bertz CT molecular complexity index is 1130. The van der Waals surface area contributed by atoms with Gasteiger partial charge in [0.15, 0.2) is 0 Å². The average Bonchev–Trinajstić information content (AvgIpc) is 3.29. The number of hydrogen-bond acceptors (Lipinski definition) is 4. The molecule has 0 radical (unpaired) electrons. The molecule has 2 aromatic carbocycles. The summed E-state index contributed by atoms with van der Waals surface area (Å²) in [7, 11) is 1.73. The summed E-state index contributed by atoms with van der Waals surface area (Å²) in [5.41, 5.74) is 4.96. The van der Waals surface area contributed by atoms with E-state index in [1.54, 1.807) is 19.2 Å². The van der Waals surface area contributed by atoms with Crippen LogP contribution in [0, 0.1) is 6.92 Å². The van der Waals surface area contributed by atoms with Gasteiger partial charge in [0.2, 0.25) is 0 Å². The van der Waals surface area contributed by atoms with Crippen LogP contribution in [-0.4, -0.2) is 46.8 Å². The number of fused-ring (bicyclic) bond motifs is 1. The second-order valence-electron chi connectivity index (χ2n) is 9.39. The molecule has 0 unspecified atom stereocenters. The number of ether oxygens (including phenoxy) is 2. The Balaban J connectivity index is 1.46. The number of hydrogen-bond donors (Lipinski definition) is 2. The zero-order chi connectivity index (χ0) is 22.9. The summed E-state index contributed by atoms with van der Waals surface area (Å²) in [5, 5.41) is 10.5. The van der Waals surface area contributed by atoms with Gasteiger partial charge in [-0.25, -0.2) is 4.79 Å². The molecule has 2 fully saturated rings. The Morgan fingerprint density at radius 3 is 2.61 bits per heavy atom. The third kappa shape index (κ3) is 4.37. The van der Waals surface area contributed by atoms with Crippen molar-refractivity contribution >= 4 is 16.9 Å². The smallest absolute Gasteiger partial charge is 0.335 e. The van der Waals surface area contributed by atoms with Gasteiger partial charge in [0.25, 0.3) is 0 Å². The van der Waals surface area contributed by atoms with Gasteiger partial charge < -0.3 is 19.6 Å². The molecule has 1 aliphatic heterocycles. The lowest BCUT2D eigenvalue weighted by molar-refractivity contribution is -0.0866. The zero-order valence-corrected chi connectivity index (χ0v) is 19.3. The first-order valence-corrected chi connectivity index (χ1v) is 11.9. The molecule has 0 bridgehead atoms. The molecule has 2 heterocycles. The summed E-state index contributed by atoms with van der Waals surface area (Å²) in [6.45, 7) is 3.78. The quantitative estimate of drug-likeness (QED) is 0.502. The molecule has 174 valence electrons. The topological polar surface area (TPSA) is 74.8 Å². The molecule has 6 nitrogen and oxygen atoms in total. The summed E-state index contributed by atoms with van der Waals surface area (Å²) < 4.78 is 12.2. The maximum absolute atomic E-state index is 11.4. The van der Waals surface area contributed by atoms with Gasteiger partial charge in [0.05, 0.1) is 24.9 Å². The number of aromatic nitrogens is 1. The molecule has 33 heavy (non-hydrogen) atoms. The third-order valence-electron chi connectivity index (χ3n) is 7.34. The van der Waals surface area contributed by atoms with Crippen LogP contribution in [0.2, 0.25) is 0 Å². The predicted molar refractivity (Wildman–Crippen MR) is 128 cm³/mol. The second kappa shape index (κ2) is 9.20. The highest BCUT2D eigenvalue weighted by Crippen LogP contribution is 2.39. The minimum absolute atomic E-state index is 0.159. The largest absolute Gasteiger partial charge is 0.496 e. The van der Waals surface area contributed by atoms with E-state index in [1.807, 2.05) is 18.3 Å². The summed E-state index contributed by atoms with van der Waals surface area (Å²) in [4.78, 5) is 17.2. The molecule has 2 atom stereocenters. The van der Waals surface area contributed by atoms with Crippen LogP contribution in [-0.2, 0) is 11.3 Å². The molecule has 2 aliphatic rings. The molecule has 1 saturated carbocycles. The van der Waals surface area contributed by atoms with Crippen LogP contribution < -0.4 is 4.74 Å². The van der Waals surface area contributed by atoms with Gasteiger partial charge in [-0.15, -0.1) is 0 Å². The number of H-pyrrole nitrogens is 1. The van der Waals surface area contributed by atoms with Crippen molar-refractivity contribution in [1.82, 2.24) is 9.88 Å². The summed E-state index contributed by atoms with van der Waals surface area (Å²) in [5.74, 6) is 0.0138. The molecule has 1 saturated heterocycles. The number of piperidine rings is 1. The fourth-order valence-electron chi connectivity index (χ4n) is 5.25. The summed E-state index contributed by atoms with van der Waals surface area (Å²) in [6.07, 6.45) is 8.16. The van der Waals surface area contributed by atoms with Gasteiger partial charge in [-0.3, -0.25) is 4.90 Å². The maximum Gasteiger partial charge on any atom is 0.335 e. The Morgan fingerprint density at radius 2 is 1.94 bits per heavy atom. The van der Waals surface area contributed by atoms with Crippen molar-refractivity contribution in [3.05, 3.63) is 64.8 Å². The first-order valence-electron chi connectivity index (χ1n) is 11.9. The van der Waals surface area contributed by atoms with Crippen LogP contribution in [0.25, 0.3) is 10.9 Å². The van der Waals surface area contributed by atoms with Crippen molar-refractivity contribution in [2.24, 2.45) is 0 Å². The SMILES string of the molecule is COc1cc(C)c2[nH]ccc2c1CN1CC[C@H](OC2CCC2)C[C@H]1c1ccc(C(=O)O)cc1. The molecule has 2 N–H and O–H groups in total. The summed E-state index contributed by atoms with van der Waals surface area (Å²) >= 11 is 0.